The molecule has 0 spiro atoms. The maximum Gasteiger partial charge on any atom is 0.275 e. The SMILES string of the molecule is CCCc1cc(=O)n2nc(NCc3ccc(-n4ccnc4)nc3)sc2n1. The van der Waals surface area contributed by atoms with Gasteiger partial charge in [0.1, 0.15) is 12.1 Å². The van der Waals surface area contributed by atoms with Gasteiger partial charge in [-0.2, -0.15) is 4.52 Å². The standard InChI is InChI=1S/C17H17N7OS/c1-2-3-13-8-15(25)24-17(21-13)26-16(22-24)20-10-12-4-5-14(19-9-12)23-7-6-18-11-23/h4-9,11H,2-3,10H2,1H3,(H,20,22). The molecule has 4 heterocycles. The van der Waals surface area contributed by atoms with Gasteiger partial charge in [0, 0.05) is 36.9 Å². The van der Waals surface area contributed by atoms with Gasteiger partial charge in [0.05, 0.1) is 0 Å². The van der Waals surface area contributed by atoms with Gasteiger partial charge in [0.15, 0.2) is 0 Å². The molecule has 0 saturated heterocycles. The van der Waals surface area contributed by atoms with E-state index in [1.165, 1.54) is 15.9 Å². The summed E-state index contributed by atoms with van der Waals surface area (Å²) in [6, 6.07) is 5.48. The van der Waals surface area contributed by atoms with Crippen molar-refractivity contribution >= 4 is 21.4 Å². The highest BCUT2D eigenvalue weighted by Crippen LogP contribution is 2.18. The highest BCUT2D eigenvalue weighted by molar-refractivity contribution is 7.20. The zero-order chi connectivity index (χ0) is 17.9. The fourth-order valence-corrected chi connectivity index (χ4v) is 3.38. The van der Waals surface area contributed by atoms with E-state index < -0.39 is 0 Å². The van der Waals surface area contributed by atoms with Gasteiger partial charge in [0.25, 0.3) is 5.56 Å². The molecule has 0 unspecified atom stereocenters. The minimum absolute atomic E-state index is 0.144. The minimum Gasteiger partial charge on any atom is -0.356 e. The summed E-state index contributed by atoms with van der Waals surface area (Å²) in [5, 5.41) is 8.19. The van der Waals surface area contributed by atoms with Gasteiger partial charge < -0.3 is 5.32 Å². The van der Waals surface area contributed by atoms with Gasteiger partial charge in [-0.1, -0.05) is 30.7 Å². The van der Waals surface area contributed by atoms with Crippen molar-refractivity contribution in [3.8, 4) is 5.82 Å². The van der Waals surface area contributed by atoms with Crippen LogP contribution in [0.25, 0.3) is 10.8 Å². The molecule has 4 aromatic heterocycles. The van der Waals surface area contributed by atoms with E-state index in [1.54, 1.807) is 24.8 Å². The van der Waals surface area contributed by atoms with Crippen LogP contribution in [0.2, 0.25) is 0 Å². The first-order valence-electron chi connectivity index (χ1n) is 8.30. The molecule has 0 fully saturated rings. The molecule has 132 valence electrons. The normalized spacial score (nSPS) is 11.1. The number of pyridine rings is 1. The number of aromatic nitrogens is 6. The molecule has 0 atom stereocenters. The van der Waals surface area contributed by atoms with Gasteiger partial charge in [0.2, 0.25) is 10.1 Å². The molecule has 0 aliphatic heterocycles. The van der Waals surface area contributed by atoms with Crippen molar-refractivity contribution < 1.29 is 0 Å². The summed E-state index contributed by atoms with van der Waals surface area (Å²) in [5.74, 6) is 0.811. The summed E-state index contributed by atoms with van der Waals surface area (Å²) in [7, 11) is 0. The first-order valence-corrected chi connectivity index (χ1v) is 9.11. The lowest BCUT2D eigenvalue weighted by Crippen LogP contribution is -2.15. The number of aryl methyl sites for hydroxylation is 1. The predicted octanol–water partition coefficient (Wildman–Crippen LogP) is 2.30. The zero-order valence-electron chi connectivity index (χ0n) is 14.2. The van der Waals surface area contributed by atoms with Crippen molar-refractivity contribution in [1.82, 2.24) is 29.1 Å². The Labute approximate surface area is 153 Å². The number of rotatable bonds is 6. The van der Waals surface area contributed by atoms with Crippen LogP contribution in [0.1, 0.15) is 24.6 Å². The van der Waals surface area contributed by atoms with E-state index in [1.807, 2.05) is 22.9 Å². The van der Waals surface area contributed by atoms with Crippen LogP contribution < -0.4 is 10.9 Å². The number of anilines is 1. The van der Waals surface area contributed by atoms with Crippen molar-refractivity contribution in [2.24, 2.45) is 0 Å². The summed E-state index contributed by atoms with van der Waals surface area (Å²) in [5.41, 5.74) is 1.68. The maximum absolute atomic E-state index is 12.1. The van der Waals surface area contributed by atoms with Gasteiger partial charge in [-0.25, -0.2) is 15.0 Å². The van der Waals surface area contributed by atoms with Crippen LogP contribution in [-0.4, -0.2) is 29.1 Å². The smallest absolute Gasteiger partial charge is 0.275 e. The molecule has 0 aromatic carbocycles. The molecule has 8 nitrogen and oxygen atoms in total. The Balaban J connectivity index is 1.49. The lowest BCUT2D eigenvalue weighted by molar-refractivity contribution is 0.839. The van der Waals surface area contributed by atoms with Crippen molar-refractivity contribution in [2.45, 2.75) is 26.3 Å². The second-order valence-corrected chi connectivity index (χ2v) is 6.74. The molecule has 0 radical (unpaired) electrons. The molecule has 1 N–H and O–H groups in total. The van der Waals surface area contributed by atoms with Crippen molar-refractivity contribution in [3.05, 3.63) is 64.7 Å². The molecule has 4 rings (SSSR count). The number of nitrogens with one attached hydrogen (secondary N) is 1. The van der Waals surface area contributed by atoms with E-state index in [2.05, 4.69) is 32.3 Å². The van der Waals surface area contributed by atoms with Crippen LogP contribution in [0.4, 0.5) is 5.13 Å². The second-order valence-electron chi connectivity index (χ2n) is 5.79. The molecule has 4 aromatic rings. The Kier molecular flexibility index (Phi) is 4.44. The maximum atomic E-state index is 12.1. The molecule has 0 bridgehead atoms. The van der Waals surface area contributed by atoms with Gasteiger partial charge in [-0.3, -0.25) is 9.36 Å². The Morgan fingerprint density at radius 1 is 1.31 bits per heavy atom. The first-order chi connectivity index (χ1) is 12.7. The molecule has 0 amide bonds. The molecule has 26 heavy (non-hydrogen) atoms. The Bertz CT molecular complexity index is 1070. The molecule has 0 aliphatic rings. The molecular weight excluding hydrogens is 350 g/mol. The van der Waals surface area contributed by atoms with Gasteiger partial charge >= 0.3 is 0 Å². The number of fused-ring (bicyclic) bond motifs is 1. The minimum atomic E-state index is -0.144. The highest BCUT2D eigenvalue weighted by atomic mass is 32.1. The number of imidazole rings is 1. The van der Waals surface area contributed by atoms with E-state index >= 15 is 0 Å². The number of hydrogen-bond donors (Lipinski definition) is 1. The van der Waals surface area contributed by atoms with E-state index in [0.717, 1.165) is 29.9 Å². The van der Waals surface area contributed by atoms with Crippen molar-refractivity contribution in [3.63, 3.8) is 0 Å². The van der Waals surface area contributed by atoms with Crippen molar-refractivity contribution in [1.29, 1.82) is 0 Å². The second kappa shape index (κ2) is 7.04. The first kappa shape index (κ1) is 16.4. The molecule has 0 saturated carbocycles. The summed E-state index contributed by atoms with van der Waals surface area (Å²) in [4.78, 5) is 25.7. The monoisotopic (exact) mass is 367 g/mol. The number of hydrogen-bond acceptors (Lipinski definition) is 7. The third-order valence-electron chi connectivity index (χ3n) is 3.83. The topological polar surface area (TPSA) is 90.0 Å². The lowest BCUT2D eigenvalue weighted by atomic mass is 10.2. The van der Waals surface area contributed by atoms with Gasteiger partial charge in [-0.05, 0) is 18.1 Å². The van der Waals surface area contributed by atoms with E-state index in [4.69, 9.17) is 0 Å². The summed E-state index contributed by atoms with van der Waals surface area (Å²) in [6.45, 7) is 2.63. The van der Waals surface area contributed by atoms with Crippen LogP contribution in [0.3, 0.4) is 0 Å². The summed E-state index contributed by atoms with van der Waals surface area (Å²) >= 11 is 1.37. The zero-order valence-corrected chi connectivity index (χ0v) is 15.0. The average molecular weight is 367 g/mol. The fourth-order valence-electron chi connectivity index (χ4n) is 2.56. The number of nitrogens with zero attached hydrogens (tertiary/aromatic N) is 6. The predicted molar refractivity (Wildman–Crippen MR) is 99.8 cm³/mol. The summed E-state index contributed by atoms with van der Waals surface area (Å²) < 4.78 is 3.18. The Morgan fingerprint density at radius 2 is 2.23 bits per heavy atom. The highest BCUT2D eigenvalue weighted by Gasteiger charge is 2.09. The summed E-state index contributed by atoms with van der Waals surface area (Å²) in [6.07, 6.45) is 8.82. The molecule has 9 heteroatoms. The van der Waals surface area contributed by atoms with Crippen molar-refractivity contribution in [2.75, 3.05) is 5.32 Å². The largest absolute Gasteiger partial charge is 0.356 e. The van der Waals surface area contributed by atoms with E-state index in [-0.39, 0.29) is 5.56 Å². The fraction of sp³-hybridized carbons (Fsp3) is 0.235. The van der Waals surface area contributed by atoms with Crippen LogP contribution >= 0.6 is 11.3 Å². The van der Waals surface area contributed by atoms with Crippen LogP contribution in [0.5, 0.6) is 0 Å². The van der Waals surface area contributed by atoms with Crippen LogP contribution in [-0.2, 0) is 13.0 Å². The Hall–Kier alpha value is -3.07. The van der Waals surface area contributed by atoms with E-state index in [0.29, 0.717) is 16.6 Å². The van der Waals surface area contributed by atoms with Crippen LogP contribution in [0, 0.1) is 0 Å². The third-order valence-corrected chi connectivity index (χ3v) is 4.69. The van der Waals surface area contributed by atoms with Crippen LogP contribution in [0.15, 0.2) is 47.9 Å². The Morgan fingerprint density at radius 3 is 2.96 bits per heavy atom. The molecular formula is C17H17N7OS. The van der Waals surface area contributed by atoms with Gasteiger partial charge in [-0.15, -0.1) is 5.10 Å². The molecule has 0 aliphatic carbocycles. The average Bonchev–Trinajstić information content (AvgIpc) is 3.31. The quantitative estimate of drug-likeness (QED) is 0.562. The third kappa shape index (κ3) is 3.33. The van der Waals surface area contributed by atoms with E-state index in [9.17, 15) is 4.79 Å². The lowest BCUT2D eigenvalue weighted by Gasteiger charge is -2.04.